The van der Waals surface area contributed by atoms with Crippen molar-refractivity contribution in [2.45, 2.75) is 32.1 Å². The lowest BCUT2D eigenvalue weighted by molar-refractivity contribution is -0.131. The SMILES string of the molecule is C=C.O=C(CN1CCCCC1)N1CCCC1. The molecule has 3 nitrogen and oxygen atoms in total. The van der Waals surface area contributed by atoms with E-state index in [2.05, 4.69) is 18.1 Å². The van der Waals surface area contributed by atoms with Crippen LogP contribution in [0, 0.1) is 0 Å². The molecule has 0 bridgehead atoms. The van der Waals surface area contributed by atoms with Crippen LogP contribution < -0.4 is 0 Å². The molecule has 0 aliphatic carbocycles. The van der Waals surface area contributed by atoms with Crippen molar-refractivity contribution in [3.63, 3.8) is 0 Å². The van der Waals surface area contributed by atoms with E-state index < -0.39 is 0 Å². The minimum atomic E-state index is 0.351. The van der Waals surface area contributed by atoms with E-state index in [4.69, 9.17) is 0 Å². The molecular formula is C13H24N2O. The van der Waals surface area contributed by atoms with Crippen LogP contribution in [0.3, 0.4) is 0 Å². The summed E-state index contributed by atoms with van der Waals surface area (Å²) in [6.07, 6.45) is 6.28. The molecule has 2 heterocycles. The highest BCUT2D eigenvalue weighted by Crippen LogP contribution is 2.11. The first-order valence-corrected chi connectivity index (χ1v) is 6.36. The molecule has 0 atom stereocenters. The Hall–Kier alpha value is -0.830. The van der Waals surface area contributed by atoms with E-state index in [1.165, 1.54) is 32.1 Å². The summed E-state index contributed by atoms with van der Waals surface area (Å²) in [6.45, 7) is 10.9. The summed E-state index contributed by atoms with van der Waals surface area (Å²) < 4.78 is 0. The second-order valence-electron chi connectivity index (χ2n) is 4.42. The Balaban J connectivity index is 0.000000606. The lowest BCUT2D eigenvalue weighted by atomic mass is 10.1. The first-order chi connectivity index (χ1) is 7.86. The molecule has 2 saturated heterocycles. The lowest BCUT2D eigenvalue weighted by Gasteiger charge is -2.27. The van der Waals surface area contributed by atoms with Crippen molar-refractivity contribution in [1.82, 2.24) is 9.80 Å². The number of amides is 1. The van der Waals surface area contributed by atoms with Crippen LogP contribution in [-0.2, 0) is 4.79 Å². The van der Waals surface area contributed by atoms with Crippen LogP contribution in [0.2, 0.25) is 0 Å². The highest BCUT2D eigenvalue weighted by molar-refractivity contribution is 5.78. The van der Waals surface area contributed by atoms with E-state index in [1.807, 2.05) is 4.90 Å². The normalized spacial score (nSPS) is 21.4. The molecule has 0 aromatic rings. The van der Waals surface area contributed by atoms with Crippen LogP contribution in [0.15, 0.2) is 13.2 Å². The third-order valence-corrected chi connectivity index (χ3v) is 3.27. The smallest absolute Gasteiger partial charge is 0.236 e. The number of carbonyl (C=O) groups is 1. The maximum atomic E-state index is 11.8. The van der Waals surface area contributed by atoms with Gasteiger partial charge in [0.05, 0.1) is 6.54 Å². The number of hydrogen-bond acceptors (Lipinski definition) is 2. The van der Waals surface area contributed by atoms with Crippen LogP contribution in [0.25, 0.3) is 0 Å². The van der Waals surface area contributed by atoms with Crippen LogP contribution >= 0.6 is 0 Å². The van der Waals surface area contributed by atoms with Gasteiger partial charge in [0.25, 0.3) is 0 Å². The van der Waals surface area contributed by atoms with Gasteiger partial charge < -0.3 is 4.90 Å². The lowest BCUT2D eigenvalue weighted by Crippen LogP contribution is -2.41. The summed E-state index contributed by atoms with van der Waals surface area (Å²) in [5, 5.41) is 0. The summed E-state index contributed by atoms with van der Waals surface area (Å²) in [4.78, 5) is 16.1. The molecule has 2 aliphatic rings. The minimum absolute atomic E-state index is 0.351. The van der Waals surface area contributed by atoms with Crippen LogP contribution in [0.1, 0.15) is 32.1 Å². The van der Waals surface area contributed by atoms with Gasteiger partial charge in [0, 0.05) is 13.1 Å². The second-order valence-corrected chi connectivity index (χ2v) is 4.42. The average molecular weight is 224 g/mol. The quantitative estimate of drug-likeness (QED) is 0.669. The van der Waals surface area contributed by atoms with Crippen molar-refractivity contribution in [2.24, 2.45) is 0 Å². The van der Waals surface area contributed by atoms with Crippen LogP contribution in [-0.4, -0.2) is 48.4 Å². The number of piperidine rings is 1. The molecule has 1 amide bonds. The van der Waals surface area contributed by atoms with Gasteiger partial charge in [-0.1, -0.05) is 6.42 Å². The third-order valence-electron chi connectivity index (χ3n) is 3.27. The molecule has 0 saturated carbocycles. The zero-order valence-electron chi connectivity index (χ0n) is 10.3. The number of rotatable bonds is 2. The first kappa shape index (κ1) is 13.2. The van der Waals surface area contributed by atoms with Crippen LogP contribution in [0.5, 0.6) is 0 Å². The molecule has 16 heavy (non-hydrogen) atoms. The Bertz CT molecular complexity index is 206. The van der Waals surface area contributed by atoms with E-state index >= 15 is 0 Å². The van der Waals surface area contributed by atoms with Gasteiger partial charge in [0.2, 0.25) is 5.91 Å². The van der Waals surface area contributed by atoms with Gasteiger partial charge in [-0.05, 0) is 38.8 Å². The van der Waals surface area contributed by atoms with E-state index in [0.29, 0.717) is 12.5 Å². The van der Waals surface area contributed by atoms with Crippen molar-refractivity contribution in [1.29, 1.82) is 0 Å². The zero-order chi connectivity index (χ0) is 11.8. The highest BCUT2D eigenvalue weighted by atomic mass is 16.2. The maximum Gasteiger partial charge on any atom is 0.236 e. The van der Waals surface area contributed by atoms with Gasteiger partial charge in [-0.25, -0.2) is 0 Å². The Morgan fingerprint density at radius 1 is 0.875 bits per heavy atom. The fourth-order valence-electron chi connectivity index (χ4n) is 2.38. The summed E-state index contributed by atoms with van der Waals surface area (Å²) in [5.74, 6) is 0.351. The summed E-state index contributed by atoms with van der Waals surface area (Å²) >= 11 is 0. The van der Waals surface area contributed by atoms with E-state index in [-0.39, 0.29) is 0 Å². The van der Waals surface area contributed by atoms with Gasteiger partial charge in [0.15, 0.2) is 0 Å². The molecule has 0 spiro atoms. The van der Waals surface area contributed by atoms with Crippen molar-refractivity contribution in [3.8, 4) is 0 Å². The number of hydrogen-bond donors (Lipinski definition) is 0. The van der Waals surface area contributed by atoms with Crippen molar-refractivity contribution < 1.29 is 4.79 Å². The van der Waals surface area contributed by atoms with E-state index in [9.17, 15) is 4.79 Å². The Morgan fingerprint density at radius 3 is 1.94 bits per heavy atom. The third kappa shape index (κ3) is 3.97. The molecule has 92 valence electrons. The predicted molar refractivity (Wildman–Crippen MR) is 67.4 cm³/mol. The summed E-state index contributed by atoms with van der Waals surface area (Å²) in [7, 11) is 0. The Labute approximate surface area is 99.1 Å². The summed E-state index contributed by atoms with van der Waals surface area (Å²) in [5.41, 5.74) is 0. The molecule has 0 aromatic carbocycles. The van der Waals surface area contributed by atoms with Gasteiger partial charge in [-0.3, -0.25) is 9.69 Å². The standard InChI is InChI=1S/C11H20N2O.C2H4/c14-11(13-8-4-5-9-13)10-12-6-2-1-3-7-12;1-2/h1-10H2;1-2H2. The van der Waals surface area contributed by atoms with Crippen molar-refractivity contribution in [2.75, 3.05) is 32.7 Å². The monoisotopic (exact) mass is 224 g/mol. The van der Waals surface area contributed by atoms with Gasteiger partial charge in [-0.2, -0.15) is 0 Å². The van der Waals surface area contributed by atoms with Crippen LogP contribution in [0.4, 0.5) is 0 Å². The second kappa shape index (κ2) is 7.44. The van der Waals surface area contributed by atoms with E-state index in [0.717, 1.165) is 26.2 Å². The molecule has 0 radical (unpaired) electrons. The fraction of sp³-hybridized carbons (Fsp3) is 0.769. The number of carbonyl (C=O) groups excluding carboxylic acids is 1. The average Bonchev–Trinajstić information content (AvgIpc) is 2.86. The number of likely N-dealkylation sites (tertiary alicyclic amines) is 2. The zero-order valence-corrected chi connectivity index (χ0v) is 10.3. The Kier molecular flexibility index (Phi) is 6.16. The predicted octanol–water partition coefficient (Wildman–Crippen LogP) is 1.90. The number of nitrogens with zero attached hydrogens (tertiary/aromatic N) is 2. The molecule has 0 aromatic heterocycles. The minimum Gasteiger partial charge on any atom is -0.342 e. The molecule has 0 N–H and O–H groups in total. The molecule has 2 fully saturated rings. The highest BCUT2D eigenvalue weighted by Gasteiger charge is 2.20. The Morgan fingerprint density at radius 2 is 1.38 bits per heavy atom. The van der Waals surface area contributed by atoms with Gasteiger partial charge in [0.1, 0.15) is 0 Å². The molecular weight excluding hydrogens is 200 g/mol. The first-order valence-electron chi connectivity index (χ1n) is 6.36. The molecule has 3 heteroatoms. The fourth-order valence-corrected chi connectivity index (χ4v) is 2.38. The topological polar surface area (TPSA) is 23.6 Å². The summed E-state index contributed by atoms with van der Waals surface area (Å²) in [6, 6.07) is 0. The molecule has 2 aliphatic heterocycles. The van der Waals surface area contributed by atoms with E-state index in [1.54, 1.807) is 0 Å². The molecule has 2 rings (SSSR count). The maximum absolute atomic E-state index is 11.8. The largest absolute Gasteiger partial charge is 0.342 e. The van der Waals surface area contributed by atoms with Gasteiger partial charge in [-0.15, -0.1) is 13.2 Å². The molecule has 0 unspecified atom stereocenters. The van der Waals surface area contributed by atoms with Crippen molar-refractivity contribution in [3.05, 3.63) is 13.2 Å². The van der Waals surface area contributed by atoms with Crippen molar-refractivity contribution >= 4 is 5.91 Å². The van der Waals surface area contributed by atoms with Gasteiger partial charge >= 0.3 is 0 Å².